The van der Waals surface area contributed by atoms with Gasteiger partial charge in [-0.25, -0.2) is 4.98 Å². The zero-order valence-corrected chi connectivity index (χ0v) is 16.4. The van der Waals surface area contributed by atoms with Gasteiger partial charge in [-0.2, -0.15) is 0 Å². The van der Waals surface area contributed by atoms with Gasteiger partial charge in [-0.3, -0.25) is 14.2 Å². The number of benzene rings is 1. The fourth-order valence-electron chi connectivity index (χ4n) is 2.78. The van der Waals surface area contributed by atoms with E-state index in [1.165, 1.54) is 11.8 Å². The van der Waals surface area contributed by atoms with Crippen LogP contribution >= 0.6 is 27.7 Å². The number of rotatable bonds is 6. The van der Waals surface area contributed by atoms with Gasteiger partial charge >= 0.3 is 0 Å². The van der Waals surface area contributed by atoms with Gasteiger partial charge in [0.05, 0.1) is 22.8 Å². The molecule has 1 aliphatic heterocycles. The van der Waals surface area contributed by atoms with Gasteiger partial charge in [0.25, 0.3) is 5.56 Å². The maximum Gasteiger partial charge on any atom is 0.262 e. The first-order chi connectivity index (χ1) is 12.1. The summed E-state index contributed by atoms with van der Waals surface area (Å²) in [5.74, 6) is 0.148. The smallest absolute Gasteiger partial charge is 0.262 e. The summed E-state index contributed by atoms with van der Waals surface area (Å²) in [7, 11) is 0. The van der Waals surface area contributed by atoms with Crippen molar-refractivity contribution in [3.05, 3.63) is 33.0 Å². The Bertz CT molecular complexity index is 834. The molecule has 1 saturated heterocycles. The molecule has 1 aromatic carbocycles. The molecule has 1 fully saturated rings. The van der Waals surface area contributed by atoms with Gasteiger partial charge in [0.2, 0.25) is 5.91 Å². The van der Waals surface area contributed by atoms with Crippen molar-refractivity contribution in [3.8, 4) is 0 Å². The summed E-state index contributed by atoms with van der Waals surface area (Å²) in [6.07, 6.45) is 2.17. The molecule has 0 unspecified atom stereocenters. The number of carbonyl (C=O) groups is 1. The summed E-state index contributed by atoms with van der Waals surface area (Å²) < 4.78 is 7.94. The molecule has 1 N–H and O–H groups in total. The summed E-state index contributed by atoms with van der Waals surface area (Å²) in [6, 6.07) is 5.44. The number of nitrogens with zero attached hydrogens (tertiary/aromatic N) is 2. The van der Waals surface area contributed by atoms with Gasteiger partial charge in [0.1, 0.15) is 0 Å². The van der Waals surface area contributed by atoms with E-state index in [0.717, 1.165) is 23.9 Å². The van der Waals surface area contributed by atoms with Crippen molar-refractivity contribution >= 4 is 44.5 Å². The van der Waals surface area contributed by atoms with Gasteiger partial charge < -0.3 is 10.1 Å². The molecule has 0 aliphatic carbocycles. The van der Waals surface area contributed by atoms with Crippen molar-refractivity contribution in [1.29, 1.82) is 0 Å². The second-order valence-corrected chi connectivity index (χ2v) is 7.69. The molecule has 2 aromatic rings. The van der Waals surface area contributed by atoms with Crippen molar-refractivity contribution in [1.82, 2.24) is 14.9 Å². The number of carbonyl (C=O) groups excluding carboxylic acids is 1. The van der Waals surface area contributed by atoms with Crippen molar-refractivity contribution in [3.63, 3.8) is 0 Å². The Labute approximate surface area is 158 Å². The summed E-state index contributed by atoms with van der Waals surface area (Å²) in [5.41, 5.74) is 0.552. The molecule has 8 heteroatoms. The summed E-state index contributed by atoms with van der Waals surface area (Å²) >= 11 is 4.66. The van der Waals surface area contributed by atoms with Crippen LogP contribution in [-0.4, -0.2) is 40.5 Å². The highest BCUT2D eigenvalue weighted by molar-refractivity contribution is 9.10. The highest BCUT2D eigenvalue weighted by atomic mass is 79.9. The predicted molar refractivity (Wildman–Crippen MR) is 102 cm³/mol. The van der Waals surface area contributed by atoms with Crippen molar-refractivity contribution < 1.29 is 9.53 Å². The van der Waals surface area contributed by atoms with E-state index >= 15 is 0 Å². The Balaban J connectivity index is 1.70. The minimum atomic E-state index is -0.0870. The number of hydrogen-bond acceptors (Lipinski definition) is 5. The Morgan fingerprint density at radius 2 is 2.36 bits per heavy atom. The largest absolute Gasteiger partial charge is 0.376 e. The van der Waals surface area contributed by atoms with Crippen LogP contribution in [0, 0.1) is 0 Å². The normalized spacial score (nSPS) is 17.1. The summed E-state index contributed by atoms with van der Waals surface area (Å²) in [4.78, 5) is 29.3. The second-order valence-electron chi connectivity index (χ2n) is 5.83. The van der Waals surface area contributed by atoms with Crippen molar-refractivity contribution in [2.75, 3.05) is 18.9 Å². The molecule has 134 valence electrons. The molecule has 1 aromatic heterocycles. The number of aromatic nitrogens is 2. The van der Waals surface area contributed by atoms with Gasteiger partial charge in [-0.1, -0.05) is 27.7 Å². The van der Waals surface area contributed by atoms with Crippen LogP contribution in [0.4, 0.5) is 0 Å². The van der Waals surface area contributed by atoms with Gasteiger partial charge in [-0.15, -0.1) is 0 Å². The second kappa shape index (κ2) is 8.33. The third kappa shape index (κ3) is 4.43. The number of fused-ring (bicyclic) bond motifs is 1. The third-order valence-corrected chi connectivity index (χ3v) is 5.55. The number of hydrogen-bond donors (Lipinski definition) is 1. The van der Waals surface area contributed by atoms with E-state index in [1.54, 1.807) is 10.6 Å². The van der Waals surface area contributed by atoms with Gasteiger partial charge in [-0.05, 0) is 38.0 Å². The van der Waals surface area contributed by atoms with E-state index in [4.69, 9.17) is 4.74 Å². The number of amides is 1. The van der Waals surface area contributed by atoms with Crippen LogP contribution in [0.1, 0.15) is 19.8 Å². The lowest BCUT2D eigenvalue weighted by molar-refractivity contribution is -0.119. The Morgan fingerprint density at radius 1 is 1.52 bits per heavy atom. The molecular formula is C17H20BrN3O3S. The minimum absolute atomic E-state index is 0.0756. The molecule has 6 nitrogen and oxygen atoms in total. The fraction of sp³-hybridized carbons (Fsp3) is 0.471. The molecule has 25 heavy (non-hydrogen) atoms. The van der Waals surface area contributed by atoms with Crippen LogP contribution in [0.25, 0.3) is 10.9 Å². The molecule has 3 rings (SSSR count). The quantitative estimate of drug-likeness (QED) is 0.568. The molecular weight excluding hydrogens is 406 g/mol. The molecule has 1 amide bonds. The van der Waals surface area contributed by atoms with Crippen LogP contribution in [0.5, 0.6) is 0 Å². The zero-order valence-electron chi connectivity index (χ0n) is 14.0. The molecule has 0 bridgehead atoms. The lowest BCUT2D eigenvalue weighted by Gasteiger charge is -2.12. The number of ether oxygens (including phenoxy) is 1. The Kier molecular flexibility index (Phi) is 6.14. The van der Waals surface area contributed by atoms with E-state index in [0.29, 0.717) is 29.1 Å². The maximum absolute atomic E-state index is 12.6. The first-order valence-electron chi connectivity index (χ1n) is 8.29. The van der Waals surface area contributed by atoms with Crippen molar-refractivity contribution in [2.24, 2.45) is 0 Å². The van der Waals surface area contributed by atoms with Crippen molar-refractivity contribution in [2.45, 2.75) is 37.6 Å². The highest BCUT2D eigenvalue weighted by Gasteiger charge is 2.17. The molecule has 0 spiro atoms. The maximum atomic E-state index is 12.6. The Hall–Kier alpha value is -1.38. The van der Waals surface area contributed by atoms with Crippen LogP contribution in [0.15, 0.2) is 32.6 Å². The average Bonchev–Trinajstić information content (AvgIpc) is 3.12. The topological polar surface area (TPSA) is 73.2 Å². The Morgan fingerprint density at radius 3 is 3.08 bits per heavy atom. The predicted octanol–water partition coefficient (Wildman–Crippen LogP) is 2.57. The first-order valence-corrected chi connectivity index (χ1v) is 10.1. The van der Waals surface area contributed by atoms with Crippen LogP contribution < -0.4 is 10.9 Å². The molecule has 1 atom stereocenters. The molecule has 2 heterocycles. The molecule has 0 radical (unpaired) electrons. The highest BCUT2D eigenvalue weighted by Crippen LogP contribution is 2.20. The molecule has 0 saturated carbocycles. The van der Waals surface area contributed by atoms with Crippen LogP contribution in [-0.2, 0) is 16.1 Å². The van der Waals surface area contributed by atoms with Gasteiger partial charge in [0, 0.05) is 24.2 Å². The number of halogens is 1. The summed E-state index contributed by atoms with van der Waals surface area (Å²) in [5, 5.41) is 4.02. The average molecular weight is 426 g/mol. The van der Waals surface area contributed by atoms with E-state index in [9.17, 15) is 9.59 Å². The standard InChI is InChI=1S/C17H20BrN3O3S/c1-2-21-16(23)13-8-11(18)5-6-14(13)20-17(21)25-10-15(22)19-9-12-4-3-7-24-12/h5-6,8,12H,2-4,7,9-10H2,1H3,(H,19,22)/t12-/m0/s1. The number of thioether (sulfide) groups is 1. The van der Waals surface area contributed by atoms with Crippen LogP contribution in [0.3, 0.4) is 0 Å². The monoisotopic (exact) mass is 425 g/mol. The van der Waals surface area contributed by atoms with Gasteiger partial charge in [0.15, 0.2) is 5.16 Å². The zero-order chi connectivity index (χ0) is 17.8. The van der Waals surface area contributed by atoms with E-state index in [1.807, 2.05) is 19.1 Å². The SMILES string of the molecule is CCn1c(SCC(=O)NC[C@@H]2CCCO2)nc2ccc(Br)cc2c1=O. The van der Waals surface area contributed by atoms with E-state index < -0.39 is 0 Å². The number of nitrogens with one attached hydrogen (secondary N) is 1. The minimum Gasteiger partial charge on any atom is -0.376 e. The van der Waals surface area contributed by atoms with Crippen LogP contribution in [0.2, 0.25) is 0 Å². The lowest BCUT2D eigenvalue weighted by Crippen LogP contribution is -2.33. The van der Waals surface area contributed by atoms with E-state index in [2.05, 4.69) is 26.2 Å². The van der Waals surface area contributed by atoms with E-state index in [-0.39, 0.29) is 23.3 Å². The lowest BCUT2D eigenvalue weighted by atomic mass is 10.2. The summed E-state index contributed by atoms with van der Waals surface area (Å²) in [6.45, 7) is 3.72. The third-order valence-electron chi connectivity index (χ3n) is 4.08. The fourth-order valence-corrected chi connectivity index (χ4v) is 4.03. The first kappa shape index (κ1) is 18.4. The molecule has 1 aliphatic rings.